The van der Waals surface area contributed by atoms with Crippen molar-refractivity contribution < 1.29 is 23.2 Å². The van der Waals surface area contributed by atoms with E-state index in [2.05, 4.69) is 5.32 Å². The third-order valence-electron chi connectivity index (χ3n) is 2.43. The van der Waals surface area contributed by atoms with Crippen LogP contribution in [0.4, 0.5) is 14.5 Å². The highest BCUT2D eigenvalue weighted by Gasteiger charge is 2.24. The van der Waals surface area contributed by atoms with Crippen molar-refractivity contribution in [1.29, 1.82) is 0 Å². The molecule has 0 aromatic heterocycles. The molecule has 20 heavy (non-hydrogen) atoms. The Hall–Kier alpha value is -2.09. The fourth-order valence-electron chi connectivity index (χ4n) is 1.51. The number of amides is 1. The second-order valence-electron chi connectivity index (χ2n) is 4.07. The van der Waals surface area contributed by atoms with Gasteiger partial charge in [0.15, 0.2) is 11.6 Å². The maximum atomic E-state index is 13.1. The van der Waals surface area contributed by atoms with Crippen LogP contribution in [0.2, 0.25) is 0 Å². The number of halogens is 2. The summed E-state index contributed by atoms with van der Waals surface area (Å²) in [5.74, 6) is -3.56. The third kappa shape index (κ3) is 3.95. The standard InChI is InChI=1S/C12H14F2N2O4/c1-3-20-6-7(2)15-12(17)8-4-9(13)10(14)5-11(8)16(18)19/h4-5,7H,3,6H2,1-2H3,(H,15,17). The number of ether oxygens (including phenoxy) is 1. The Balaban J connectivity index is 2.97. The molecular weight excluding hydrogens is 274 g/mol. The Labute approximate surface area is 113 Å². The molecule has 110 valence electrons. The van der Waals surface area contributed by atoms with E-state index in [0.717, 1.165) is 0 Å². The zero-order valence-electron chi connectivity index (χ0n) is 11.0. The molecule has 0 aliphatic carbocycles. The van der Waals surface area contributed by atoms with Crippen molar-refractivity contribution in [3.8, 4) is 0 Å². The highest BCUT2D eigenvalue weighted by atomic mass is 19.2. The van der Waals surface area contributed by atoms with Crippen LogP contribution in [-0.4, -0.2) is 30.1 Å². The molecule has 0 aliphatic heterocycles. The monoisotopic (exact) mass is 288 g/mol. The van der Waals surface area contributed by atoms with Gasteiger partial charge in [-0.2, -0.15) is 0 Å². The molecule has 1 rings (SSSR count). The van der Waals surface area contributed by atoms with Crippen LogP contribution in [-0.2, 0) is 4.74 Å². The lowest BCUT2D eigenvalue weighted by molar-refractivity contribution is -0.385. The van der Waals surface area contributed by atoms with Crippen molar-refractivity contribution in [2.45, 2.75) is 19.9 Å². The van der Waals surface area contributed by atoms with E-state index in [9.17, 15) is 23.7 Å². The molecule has 1 aromatic carbocycles. The SMILES string of the molecule is CCOCC(C)NC(=O)c1cc(F)c(F)cc1[N+](=O)[O-]. The van der Waals surface area contributed by atoms with Crippen LogP contribution in [0.15, 0.2) is 12.1 Å². The first kappa shape index (κ1) is 16.0. The Morgan fingerprint density at radius 2 is 2.05 bits per heavy atom. The van der Waals surface area contributed by atoms with Crippen molar-refractivity contribution in [1.82, 2.24) is 5.32 Å². The van der Waals surface area contributed by atoms with Gasteiger partial charge in [-0.15, -0.1) is 0 Å². The van der Waals surface area contributed by atoms with Gasteiger partial charge in [-0.25, -0.2) is 8.78 Å². The molecule has 1 atom stereocenters. The summed E-state index contributed by atoms with van der Waals surface area (Å²) in [5, 5.41) is 13.2. The van der Waals surface area contributed by atoms with Crippen molar-refractivity contribution in [3.05, 3.63) is 39.4 Å². The molecule has 0 spiro atoms. The molecule has 0 fully saturated rings. The smallest absolute Gasteiger partial charge is 0.285 e. The van der Waals surface area contributed by atoms with Crippen LogP contribution in [0.1, 0.15) is 24.2 Å². The summed E-state index contributed by atoms with van der Waals surface area (Å²) < 4.78 is 31.2. The number of benzene rings is 1. The van der Waals surface area contributed by atoms with E-state index in [1.807, 2.05) is 0 Å². The zero-order valence-corrected chi connectivity index (χ0v) is 11.0. The van der Waals surface area contributed by atoms with Crippen LogP contribution >= 0.6 is 0 Å². The molecule has 6 nitrogen and oxygen atoms in total. The lowest BCUT2D eigenvalue weighted by Gasteiger charge is -2.13. The number of nitrogens with one attached hydrogen (secondary N) is 1. The lowest BCUT2D eigenvalue weighted by Crippen LogP contribution is -2.36. The number of rotatable bonds is 6. The van der Waals surface area contributed by atoms with Crippen molar-refractivity contribution in [2.24, 2.45) is 0 Å². The average Bonchev–Trinajstić information content (AvgIpc) is 2.38. The van der Waals surface area contributed by atoms with Gasteiger partial charge in [0.2, 0.25) is 0 Å². The molecule has 0 saturated carbocycles. The van der Waals surface area contributed by atoms with Crippen LogP contribution < -0.4 is 5.32 Å². The van der Waals surface area contributed by atoms with E-state index in [4.69, 9.17) is 4.74 Å². The van der Waals surface area contributed by atoms with Gasteiger partial charge < -0.3 is 10.1 Å². The molecule has 0 aliphatic rings. The summed E-state index contributed by atoms with van der Waals surface area (Å²) in [4.78, 5) is 21.7. The molecule has 8 heteroatoms. The maximum Gasteiger partial charge on any atom is 0.285 e. The van der Waals surface area contributed by atoms with Gasteiger partial charge in [0, 0.05) is 12.6 Å². The largest absolute Gasteiger partial charge is 0.380 e. The highest BCUT2D eigenvalue weighted by Crippen LogP contribution is 2.22. The summed E-state index contributed by atoms with van der Waals surface area (Å²) in [6.45, 7) is 4.05. The summed E-state index contributed by atoms with van der Waals surface area (Å²) in [7, 11) is 0. The first-order valence-electron chi connectivity index (χ1n) is 5.88. The molecule has 1 N–H and O–H groups in total. The Kier molecular flexibility index (Phi) is 5.51. The first-order chi connectivity index (χ1) is 9.36. The van der Waals surface area contributed by atoms with E-state index < -0.39 is 39.8 Å². The second kappa shape index (κ2) is 6.90. The van der Waals surface area contributed by atoms with Gasteiger partial charge in [0.1, 0.15) is 5.56 Å². The Bertz CT molecular complexity index is 522. The van der Waals surface area contributed by atoms with E-state index in [1.165, 1.54) is 0 Å². The molecule has 0 bridgehead atoms. The number of nitrogens with zero attached hydrogens (tertiary/aromatic N) is 1. The van der Waals surface area contributed by atoms with Crippen molar-refractivity contribution in [3.63, 3.8) is 0 Å². The summed E-state index contributed by atoms with van der Waals surface area (Å²) in [6.07, 6.45) is 0. The fraction of sp³-hybridized carbons (Fsp3) is 0.417. The molecule has 1 unspecified atom stereocenters. The van der Waals surface area contributed by atoms with E-state index in [1.54, 1.807) is 13.8 Å². The van der Waals surface area contributed by atoms with Crippen LogP contribution in [0.3, 0.4) is 0 Å². The molecule has 0 radical (unpaired) electrons. The molecule has 1 aromatic rings. The van der Waals surface area contributed by atoms with Gasteiger partial charge in [-0.05, 0) is 19.9 Å². The predicted molar refractivity (Wildman–Crippen MR) is 66.4 cm³/mol. The average molecular weight is 288 g/mol. The maximum absolute atomic E-state index is 13.1. The number of carbonyl (C=O) groups is 1. The fourth-order valence-corrected chi connectivity index (χ4v) is 1.51. The topological polar surface area (TPSA) is 81.5 Å². The molecule has 0 saturated heterocycles. The quantitative estimate of drug-likeness (QED) is 0.641. The number of nitro benzene ring substituents is 1. The first-order valence-corrected chi connectivity index (χ1v) is 5.88. The lowest BCUT2D eigenvalue weighted by atomic mass is 10.1. The summed E-state index contributed by atoms with van der Waals surface area (Å²) in [5.41, 5.74) is -1.32. The number of hydrogen-bond donors (Lipinski definition) is 1. The van der Waals surface area contributed by atoms with Gasteiger partial charge in [-0.1, -0.05) is 0 Å². The number of carbonyl (C=O) groups excluding carboxylic acids is 1. The van der Waals surface area contributed by atoms with E-state index in [0.29, 0.717) is 18.7 Å². The minimum Gasteiger partial charge on any atom is -0.380 e. The van der Waals surface area contributed by atoms with Gasteiger partial charge in [-0.3, -0.25) is 14.9 Å². The van der Waals surface area contributed by atoms with Gasteiger partial charge in [0.25, 0.3) is 11.6 Å². The Morgan fingerprint density at radius 3 is 2.60 bits per heavy atom. The minimum absolute atomic E-state index is 0.208. The van der Waals surface area contributed by atoms with E-state index >= 15 is 0 Å². The minimum atomic E-state index is -1.38. The third-order valence-corrected chi connectivity index (χ3v) is 2.43. The predicted octanol–water partition coefficient (Wildman–Crippen LogP) is 2.03. The van der Waals surface area contributed by atoms with Crippen LogP contribution in [0.25, 0.3) is 0 Å². The van der Waals surface area contributed by atoms with Gasteiger partial charge in [0.05, 0.1) is 17.6 Å². The summed E-state index contributed by atoms with van der Waals surface area (Å²) >= 11 is 0. The normalized spacial score (nSPS) is 12.0. The van der Waals surface area contributed by atoms with Crippen LogP contribution in [0, 0.1) is 21.7 Å². The molecule has 1 amide bonds. The zero-order chi connectivity index (χ0) is 15.3. The number of nitro groups is 1. The van der Waals surface area contributed by atoms with Crippen molar-refractivity contribution >= 4 is 11.6 Å². The molecule has 0 heterocycles. The van der Waals surface area contributed by atoms with Crippen molar-refractivity contribution in [2.75, 3.05) is 13.2 Å². The Morgan fingerprint density at radius 1 is 1.45 bits per heavy atom. The summed E-state index contributed by atoms with van der Waals surface area (Å²) in [6, 6.07) is 0.475. The second-order valence-corrected chi connectivity index (χ2v) is 4.07. The molecular formula is C12H14F2N2O4. The number of hydrogen-bond acceptors (Lipinski definition) is 4. The van der Waals surface area contributed by atoms with Crippen LogP contribution in [0.5, 0.6) is 0 Å². The highest BCUT2D eigenvalue weighted by molar-refractivity contribution is 5.98. The van der Waals surface area contributed by atoms with Gasteiger partial charge >= 0.3 is 0 Å². The van der Waals surface area contributed by atoms with E-state index in [-0.39, 0.29) is 6.61 Å².